The van der Waals surface area contributed by atoms with Crippen molar-refractivity contribution in [1.29, 1.82) is 0 Å². The Bertz CT molecular complexity index is 782. The van der Waals surface area contributed by atoms with Crippen LogP contribution in [0, 0.1) is 6.92 Å². The first-order chi connectivity index (χ1) is 12.2. The van der Waals surface area contributed by atoms with E-state index in [-0.39, 0.29) is 0 Å². The molecule has 3 aromatic rings. The highest BCUT2D eigenvalue weighted by atomic mass is 32.1. The molecule has 2 aromatic carbocycles. The van der Waals surface area contributed by atoms with Crippen LogP contribution in [0.5, 0.6) is 11.5 Å². The first-order valence-electron chi connectivity index (χ1n) is 8.11. The van der Waals surface area contributed by atoms with Crippen LogP contribution in [0.3, 0.4) is 0 Å². The predicted molar refractivity (Wildman–Crippen MR) is 103 cm³/mol. The molecular formula is C20H22N2O2S. The molecule has 0 amide bonds. The second-order valence-electron chi connectivity index (χ2n) is 5.83. The number of rotatable bonds is 7. The van der Waals surface area contributed by atoms with Gasteiger partial charge in [-0.3, -0.25) is 0 Å². The topological polar surface area (TPSA) is 34.6 Å². The number of hydrogen-bond donors (Lipinski definition) is 0. The Morgan fingerprint density at radius 1 is 0.920 bits per heavy atom. The van der Waals surface area contributed by atoms with Crippen LogP contribution in [0.4, 0.5) is 5.13 Å². The van der Waals surface area contributed by atoms with Crippen molar-refractivity contribution >= 4 is 16.5 Å². The first kappa shape index (κ1) is 17.3. The zero-order valence-electron chi connectivity index (χ0n) is 14.7. The fourth-order valence-electron chi connectivity index (χ4n) is 2.66. The van der Waals surface area contributed by atoms with Crippen LogP contribution in [0.2, 0.25) is 0 Å². The molecular weight excluding hydrogens is 332 g/mol. The summed E-state index contributed by atoms with van der Waals surface area (Å²) in [5.74, 6) is 1.74. The van der Waals surface area contributed by atoms with Crippen LogP contribution in [0.15, 0.2) is 53.9 Å². The molecule has 0 spiro atoms. The van der Waals surface area contributed by atoms with Gasteiger partial charge in [-0.05, 0) is 42.3 Å². The van der Waals surface area contributed by atoms with E-state index < -0.39 is 0 Å². The zero-order chi connectivity index (χ0) is 17.6. The number of methoxy groups -OCH3 is 2. The van der Waals surface area contributed by atoms with Crippen molar-refractivity contribution in [2.45, 2.75) is 20.0 Å². The summed E-state index contributed by atoms with van der Waals surface area (Å²) in [5, 5.41) is 3.10. The van der Waals surface area contributed by atoms with Gasteiger partial charge < -0.3 is 14.4 Å². The molecule has 5 heteroatoms. The minimum absolute atomic E-state index is 0.765. The van der Waals surface area contributed by atoms with E-state index in [1.807, 2.05) is 31.2 Å². The van der Waals surface area contributed by atoms with Crippen LogP contribution < -0.4 is 14.4 Å². The van der Waals surface area contributed by atoms with E-state index in [9.17, 15) is 0 Å². The van der Waals surface area contributed by atoms with Gasteiger partial charge in [-0.1, -0.05) is 24.3 Å². The SMILES string of the molecule is COc1cccc(CN(Cc2cccc(OC)c2)c2nc(C)cs2)c1. The lowest BCUT2D eigenvalue weighted by atomic mass is 10.1. The van der Waals surface area contributed by atoms with Crippen LogP contribution in [0.25, 0.3) is 0 Å². The lowest BCUT2D eigenvalue weighted by Gasteiger charge is -2.22. The van der Waals surface area contributed by atoms with Crippen molar-refractivity contribution < 1.29 is 9.47 Å². The van der Waals surface area contributed by atoms with Gasteiger partial charge in [0, 0.05) is 18.5 Å². The summed E-state index contributed by atoms with van der Waals surface area (Å²) in [7, 11) is 3.38. The second-order valence-corrected chi connectivity index (χ2v) is 6.67. The van der Waals surface area contributed by atoms with E-state index in [4.69, 9.17) is 9.47 Å². The van der Waals surface area contributed by atoms with E-state index >= 15 is 0 Å². The van der Waals surface area contributed by atoms with Gasteiger partial charge in [-0.2, -0.15) is 0 Å². The van der Waals surface area contributed by atoms with Crippen molar-refractivity contribution in [3.05, 3.63) is 70.7 Å². The summed E-state index contributed by atoms with van der Waals surface area (Å²) in [6, 6.07) is 16.3. The Morgan fingerprint density at radius 2 is 1.48 bits per heavy atom. The smallest absolute Gasteiger partial charge is 0.186 e. The normalized spacial score (nSPS) is 10.5. The molecule has 0 bridgehead atoms. The summed E-state index contributed by atoms with van der Waals surface area (Å²) >= 11 is 1.67. The number of aryl methyl sites for hydroxylation is 1. The molecule has 0 unspecified atom stereocenters. The van der Waals surface area contributed by atoms with Gasteiger partial charge >= 0.3 is 0 Å². The van der Waals surface area contributed by atoms with Gasteiger partial charge in [0.1, 0.15) is 11.5 Å². The van der Waals surface area contributed by atoms with Crippen molar-refractivity contribution in [2.75, 3.05) is 19.1 Å². The Labute approximate surface area is 152 Å². The lowest BCUT2D eigenvalue weighted by Crippen LogP contribution is -2.22. The molecule has 0 N–H and O–H groups in total. The third-order valence-corrected chi connectivity index (χ3v) is 4.91. The zero-order valence-corrected chi connectivity index (χ0v) is 15.5. The lowest BCUT2D eigenvalue weighted by molar-refractivity contribution is 0.414. The quantitative estimate of drug-likeness (QED) is 0.617. The summed E-state index contributed by atoms with van der Waals surface area (Å²) < 4.78 is 10.7. The van der Waals surface area contributed by atoms with Crippen molar-refractivity contribution in [1.82, 2.24) is 4.98 Å². The number of ether oxygens (including phenoxy) is 2. The molecule has 0 saturated heterocycles. The maximum atomic E-state index is 5.35. The average Bonchev–Trinajstić information content (AvgIpc) is 3.08. The number of benzene rings is 2. The number of anilines is 1. The van der Waals surface area contributed by atoms with Gasteiger partial charge in [-0.15, -0.1) is 11.3 Å². The molecule has 0 aliphatic heterocycles. The highest BCUT2D eigenvalue weighted by molar-refractivity contribution is 7.13. The highest BCUT2D eigenvalue weighted by Crippen LogP contribution is 2.26. The fraction of sp³-hybridized carbons (Fsp3) is 0.250. The van der Waals surface area contributed by atoms with E-state index in [1.165, 1.54) is 11.1 Å². The van der Waals surface area contributed by atoms with Gasteiger partial charge in [0.15, 0.2) is 5.13 Å². The van der Waals surface area contributed by atoms with Gasteiger partial charge in [0.25, 0.3) is 0 Å². The third kappa shape index (κ3) is 4.51. The molecule has 0 radical (unpaired) electrons. The molecule has 0 aliphatic carbocycles. The largest absolute Gasteiger partial charge is 0.497 e. The predicted octanol–water partition coefficient (Wildman–Crippen LogP) is 4.68. The molecule has 3 rings (SSSR count). The van der Waals surface area contributed by atoms with Crippen LogP contribution in [-0.4, -0.2) is 19.2 Å². The first-order valence-corrected chi connectivity index (χ1v) is 8.99. The van der Waals surface area contributed by atoms with E-state index in [2.05, 4.69) is 39.5 Å². The van der Waals surface area contributed by atoms with Gasteiger partial charge in [0.05, 0.1) is 19.9 Å². The molecule has 0 atom stereocenters. The van der Waals surface area contributed by atoms with Gasteiger partial charge in [-0.25, -0.2) is 4.98 Å². The minimum Gasteiger partial charge on any atom is -0.497 e. The molecule has 1 heterocycles. The van der Waals surface area contributed by atoms with Crippen LogP contribution in [-0.2, 0) is 13.1 Å². The highest BCUT2D eigenvalue weighted by Gasteiger charge is 2.13. The van der Waals surface area contributed by atoms with Crippen LogP contribution >= 0.6 is 11.3 Å². The maximum absolute atomic E-state index is 5.35. The third-order valence-electron chi connectivity index (χ3n) is 3.89. The number of nitrogens with zero attached hydrogens (tertiary/aromatic N) is 2. The van der Waals surface area contributed by atoms with E-state index in [1.54, 1.807) is 25.6 Å². The Morgan fingerprint density at radius 3 is 1.92 bits per heavy atom. The molecule has 130 valence electrons. The van der Waals surface area contributed by atoms with Crippen LogP contribution in [0.1, 0.15) is 16.8 Å². The fourth-order valence-corrected chi connectivity index (χ4v) is 3.46. The van der Waals surface area contributed by atoms with E-state index in [0.29, 0.717) is 0 Å². The molecule has 1 aromatic heterocycles. The minimum atomic E-state index is 0.765. The monoisotopic (exact) mass is 354 g/mol. The van der Waals surface area contributed by atoms with Crippen molar-refractivity contribution in [3.63, 3.8) is 0 Å². The molecule has 4 nitrogen and oxygen atoms in total. The standard InChI is InChI=1S/C20H22N2O2S/c1-15-14-25-20(21-15)22(12-16-6-4-8-18(10-16)23-2)13-17-7-5-9-19(11-17)24-3/h4-11,14H,12-13H2,1-3H3. The summed E-state index contributed by atoms with van der Waals surface area (Å²) in [6.07, 6.45) is 0. The van der Waals surface area contributed by atoms with E-state index in [0.717, 1.165) is 35.4 Å². The Balaban J connectivity index is 1.86. The maximum Gasteiger partial charge on any atom is 0.186 e. The molecule has 25 heavy (non-hydrogen) atoms. The molecule has 0 aliphatic rings. The summed E-state index contributed by atoms with van der Waals surface area (Å²) in [6.45, 7) is 3.55. The number of thiazole rings is 1. The Hall–Kier alpha value is -2.53. The van der Waals surface area contributed by atoms with Gasteiger partial charge in [0.2, 0.25) is 0 Å². The average molecular weight is 354 g/mol. The summed E-state index contributed by atoms with van der Waals surface area (Å²) in [4.78, 5) is 6.95. The summed E-state index contributed by atoms with van der Waals surface area (Å²) in [5.41, 5.74) is 3.42. The molecule has 0 fully saturated rings. The van der Waals surface area contributed by atoms with Crippen molar-refractivity contribution in [3.8, 4) is 11.5 Å². The Kier molecular flexibility index (Phi) is 5.56. The number of hydrogen-bond acceptors (Lipinski definition) is 5. The second kappa shape index (κ2) is 8.03. The van der Waals surface area contributed by atoms with Crippen molar-refractivity contribution in [2.24, 2.45) is 0 Å². The molecule has 0 saturated carbocycles. The number of aromatic nitrogens is 1.